The van der Waals surface area contributed by atoms with Crippen LogP contribution in [0.4, 0.5) is 0 Å². The van der Waals surface area contributed by atoms with Crippen molar-refractivity contribution in [3.05, 3.63) is 36.0 Å². The Labute approximate surface area is 104 Å². The molecule has 0 aliphatic heterocycles. The highest BCUT2D eigenvalue weighted by molar-refractivity contribution is 5.15. The average molecular weight is 236 g/mol. The molecule has 1 rings (SSSR count). The molecule has 96 valence electrons. The van der Waals surface area contributed by atoms with Gasteiger partial charge in [0.1, 0.15) is 0 Å². The summed E-state index contributed by atoms with van der Waals surface area (Å²) in [5.41, 5.74) is 1.82. The van der Waals surface area contributed by atoms with Crippen molar-refractivity contribution >= 4 is 0 Å². The minimum atomic E-state index is -0.545. The molecule has 0 fully saturated rings. The van der Waals surface area contributed by atoms with Gasteiger partial charge in [-0.15, -0.1) is 0 Å². The van der Waals surface area contributed by atoms with E-state index in [1.54, 1.807) is 0 Å². The van der Waals surface area contributed by atoms with Gasteiger partial charge in [-0.25, -0.2) is 0 Å². The van der Waals surface area contributed by atoms with E-state index in [1.807, 2.05) is 13.0 Å². The van der Waals surface area contributed by atoms with Gasteiger partial charge in [-0.05, 0) is 30.8 Å². The Morgan fingerprint density at radius 2 is 2.00 bits per heavy atom. The van der Waals surface area contributed by atoms with Crippen LogP contribution in [0.3, 0.4) is 0 Å². The van der Waals surface area contributed by atoms with Crippen molar-refractivity contribution < 1.29 is 10.2 Å². The molecule has 0 heterocycles. The summed E-state index contributed by atoms with van der Waals surface area (Å²) in [5, 5.41) is 19.9. The van der Waals surface area contributed by atoms with Crippen molar-refractivity contribution in [2.45, 2.75) is 52.2 Å². The van der Waals surface area contributed by atoms with Crippen molar-refractivity contribution in [2.75, 3.05) is 0 Å². The quantitative estimate of drug-likeness (QED) is 0.635. The van der Waals surface area contributed by atoms with Crippen molar-refractivity contribution in [3.8, 4) is 0 Å². The molecular weight excluding hydrogens is 212 g/mol. The van der Waals surface area contributed by atoms with E-state index in [2.05, 4.69) is 32.6 Å². The normalized spacial score (nSPS) is 35.6. The summed E-state index contributed by atoms with van der Waals surface area (Å²) in [7, 11) is 0. The molecule has 2 atom stereocenters. The van der Waals surface area contributed by atoms with Gasteiger partial charge in [-0.2, -0.15) is 0 Å². The van der Waals surface area contributed by atoms with Crippen molar-refractivity contribution in [2.24, 2.45) is 5.41 Å². The smallest absolute Gasteiger partial charge is 0.0761 e. The molecule has 0 unspecified atom stereocenters. The lowest BCUT2D eigenvalue weighted by molar-refractivity contribution is 0.146. The third-order valence-corrected chi connectivity index (χ3v) is 3.15. The lowest BCUT2D eigenvalue weighted by Crippen LogP contribution is -2.22. The highest BCUT2D eigenvalue weighted by Crippen LogP contribution is 2.29. The molecule has 0 aromatic rings. The zero-order valence-corrected chi connectivity index (χ0v) is 11.1. The molecule has 1 aliphatic carbocycles. The van der Waals surface area contributed by atoms with E-state index in [0.29, 0.717) is 18.4 Å². The number of aliphatic hydroxyl groups is 2. The maximum atomic E-state index is 10.0. The molecule has 1 aliphatic rings. The standard InChI is InChI=1S/C15H24O2/c1-11-6-5-7-15(3,4)10-14(17)12(2)9-13(16)8-11/h5,7-8,13-14,16-17H,2,6,9-10H2,1,3-4H3/b7-5-,11-8-/t13-,14-/m0/s1. The van der Waals surface area contributed by atoms with Gasteiger partial charge >= 0.3 is 0 Å². The second-order valence-electron chi connectivity index (χ2n) is 5.76. The van der Waals surface area contributed by atoms with Crippen LogP contribution in [-0.4, -0.2) is 22.4 Å². The number of hydrogen-bond donors (Lipinski definition) is 2. The fourth-order valence-corrected chi connectivity index (χ4v) is 2.13. The second kappa shape index (κ2) is 5.65. The topological polar surface area (TPSA) is 40.5 Å². The molecule has 17 heavy (non-hydrogen) atoms. The summed E-state index contributed by atoms with van der Waals surface area (Å²) in [6.45, 7) is 10.1. The zero-order chi connectivity index (χ0) is 13.1. The van der Waals surface area contributed by atoms with Crippen LogP contribution in [0.25, 0.3) is 0 Å². The lowest BCUT2D eigenvalue weighted by atomic mass is 9.83. The van der Waals surface area contributed by atoms with Crippen LogP contribution in [-0.2, 0) is 0 Å². The molecule has 2 heteroatoms. The second-order valence-corrected chi connectivity index (χ2v) is 5.76. The van der Waals surface area contributed by atoms with Crippen LogP contribution >= 0.6 is 0 Å². The number of hydrogen-bond acceptors (Lipinski definition) is 2. The molecule has 0 aromatic heterocycles. The first kappa shape index (κ1) is 14.2. The van der Waals surface area contributed by atoms with Gasteiger partial charge in [-0.3, -0.25) is 0 Å². The maximum Gasteiger partial charge on any atom is 0.0761 e. The van der Waals surface area contributed by atoms with E-state index in [-0.39, 0.29) is 5.41 Å². The van der Waals surface area contributed by atoms with Gasteiger partial charge in [-0.1, -0.05) is 44.2 Å². The van der Waals surface area contributed by atoms with E-state index in [1.165, 1.54) is 0 Å². The molecule has 0 aromatic carbocycles. The van der Waals surface area contributed by atoms with Crippen LogP contribution in [0.5, 0.6) is 0 Å². The van der Waals surface area contributed by atoms with Gasteiger partial charge < -0.3 is 10.2 Å². The van der Waals surface area contributed by atoms with Crippen LogP contribution in [0.15, 0.2) is 36.0 Å². The maximum absolute atomic E-state index is 10.0. The van der Waals surface area contributed by atoms with Gasteiger partial charge in [0.25, 0.3) is 0 Å². The largest absolute Gasteiger partial charge is 0.389 e. The molecule has 0 saturated heterocycles. The first-order valence-corrected chi connectivity index (χ1v) is 6.19. The number of rotatable bonds is 0. The van der Waals surface area contributed by atoms with E-state index in [9.17, 15) is 10.2 Å². The van der Waals surface area contributed by atoms with Gasteiger partial charge in [0.2, 0.25) is 0 Å². The molecule has 0 saturated carbocycles. The fourth-order valence-electron chi connectivity index (χ4n) is 2.13. The Kier molecular flexibility index (Phi) is 4.72. The first-order valence-electron chi connectivity index (χ1n) is 6.19. The third-order valence-electron chi connectivity index (χ3n) is 3.15. The summed E-state index contributed by atoms with van der Waals surface area (Å²) in [4.78, 5) is 0. The molecular formula is C15H24O2. The summed E-state index contributed by atoms with van der Waals surface area (Å²) in [5.74, 6) is 0. The Bertz CT molecular complexity index is 337. The van der Waals surface area contributed by atoms with Gasteiger partial charge in [0, 0.05) is 6.42 Å². The summed E-state index contributed by atoms with van der Waals surface area (Å²) in [6.07, 6.45) is 6.95. The van der Waals surface area contributed by atoms with Crippen molar-refractivity contribution in [3.63, 3.8) is 0 Å². The first-order chi connectivity index (χ1) is 7.80. The van der Waals surface area contributed by atoms with Crippen molar-refractivity contribution in [1.82, 2.24) is 0 Å². The Hall–Kier alpha value is -0.860. The van der Waals surface area contributed by atoms with E-state index < -0.39 is 12.2 Å². The van der Waals surface area contributed by atoms with Gasteiger partial charge in [0.05, 0.1) is 12.2 Å². The van der Waals surface area contributed by atoms with E-state index >= 15 is 0 Å². The molecule has 0 spiro atoms. The minimum Gasteiger partial charge on any atom is -0.389 e. The summed E-state index contributed by atoms with van der Waals surface area (Å²) in [6, 6.07) is 0. The molecule has 0 bridgehead atoms. The van der Waals surface area contributed by atoms with Crippen LogP contribution in [0, 0.1) is 5.41 Å². The fraction of sp³-hybridized carbons (Fsp3) is 0.600. The summed E-state index contributed by atoms with van der Waals surface area (Å²) >= 11 is 0. The molecule has 0 amide bonds. The van der Waals surface area contributed by atoms with Crippen LogP contribution in [0.1, 0.15) is 40.0 Å². The van der Waals surface area contributed by atoms with E-state index in [4.69, 9.17) is 0 Å². The average Bonchev–Trinajstić information content (AvgIpc) is 2.15. The van der Waals surface area contributed by atoms with Crippen LogP contribution in [0.2, 0.25) is 0 Å². The Morgan fingerprint density at radius 3 is 2.65 bits per heavy atom. The Balaban J connectivity index is 2.91. The third kappa shape index (κ3) is 4.88. The highest BCUT2D eigenvalue weighted by Gasteiger charge is 2.22. The predicted molar refractivity (Wildman–Crippen MR) is 71.7 cm³/mol. The van der Waals surface area contributed by atoms with Gasteiger partial charge in [0.15, 0.2) is 0 Å². The highest BCUT2D eigenvalue weighted by atomic mass is 16.3. The number of allylic oxidation sites excluding steroid dienone is 3. The van der Waals surface area contributed by atoms with E-state index in [0.717, 1.165) is 12.0 Å². The lowest BCUT2D eigenvalue weighted by Gasteiger charge is -2.25. The van der Waals surface area contributed by atoms with Crippen molar-refractivity contribution in [1.29, 1.82) is 0 Å². The molecule has 2 nitrogen and oxygen atoms in total. The predicted octanol–water partition coefficient (Wildman–Crippen LogP) is 2.98. The SMILES string of the molecule is C=C1C[C@@H](O)/C=C(/C)C/C=C\C(C)(C)C[C@@H]1O. The summed E-state index contributed by atoms with van der Waals surface area (Å²) < 4.78 is 0. The number of aliphatic hydroxyl groups excluding tert-OH is 2. The van der Waals surface area contributed by atoms with Crippen LogP contribution < -0.4 is 0 Å². The molecule has 0 radical (unpaired) electrons. The molecule has 2 N–H and O–H groups in total. The Morgan fingerprint density at radius 1 is 1.35 bits per heavy atom. The minimum absolute atomic E-state index is 0.0437. The zero-order valence-electron chi connectivity index (χ0n) is 11.1. The monoisotopic (exact) mass is 236 g/mol.